The average molecular weight is 266 g/mol. The average Bonchev–Trinajstić information content (AvgIpc) is 2.74. The fourth-order valence-corrected chi connectivity index (χ4v) is 2.69. The van der Waals surface area contributed by atoms with Crippen LogP contribution in [0.3, 0.4) is 0 Å². The Bertz CT molecular complexity index is 281. The molecule has 0 aromatic rings. The molecule has 106 valence electrons. The molecule has 0 aliphatic heterocycles. The Balaban J connectivity index is 2.57. The van der Waals surface area contributed by atoms with Gasteiger partial charge in [-0.1, -0.05) is 6.42 Å². The molecular weight excluding hydrogens is 245 g/mol. The monoisotopic (exact) mass is 266 g/mol. The minimum Gasteiger partial charge on any atom is -0.340 e. The van der Waals surface area contributed by atoms with Gasteiger partial charge in [-0.15, -0.1) is 0 Å². The van der Waals surface area contributed by atoms with Crippen LogP contribution in [0.25, 0.3) is 0 Å². The van der Waals surface area contributed by atoms with Crippen molar-refractivity contribution in [2.24, 2.45) is 11.7 Å². The molecule has 0 aromatic carbocycles. The highest BCUT2D eigenvalue weighted by Gasteiger charge is 2.35. The van der Waals surface area contributed by atoms with Crippen molar-refractivity contribution in [3.05, 3.63) is 0 Å². The molecule has 0 spiro atoms. The van der Waals surface area contributed by atoms with E-state index in [4.69, 9.17) is 5.73 Å². The molecule has 0 heterocycles. The van der Waals surface area contributed by atoms with Crippen LogP contribution in [-0.2, 0) is 4.79 Å². The molecule has 0 bridgehead atoms. The Kier molecular flexibility index (Phi) is 5.44. The van der Waals surface area contributed by atoms with E-state index in [1.807, 2.05) is 0 Å². The molecule has 3 nitrogen and oxygen atoms in total. The summed E-state index contributed by atoms with van der Waals surface area (Å²) in [5.41, 5.74) is 5.64. The molecule has 6 heteroatoms. The summed E-state index contributed by atoms with van der Waals surface area (Å²) in [6, 6.07) is 0.0285. The number of carbonyl (C=O) groups is 1. The quantitative estimate of drug-likeness (QED) is 0.830. The highest BCUT2D eigenvalue weighted by Crippen LogP contribution is 2.30. The van der Waals surface area contributed by atoms with Crippen LogP contribution in [0.15, 0.2) is 0 Å². The lowest BCUT2D eigenvalue weighted by molar-refractivity contribution is -0.150. The number of nitrogens with zero attached hydrogens (tertiary/aromatic N) is 1. The maximum Gasteiger partial charge on any atom is 0.389 e. The van der Waals surface area contributed by atoms with E-state index in [0.29, 0.717) is 13.1 Å². The van der Waals surface area contributed by atoms with Crippen molar-refractivity contribution in [3.63, 3.8) is 0 Å². The zero-order chi connectivity index (χ0) is 13.8. The van der Waals surface area contributed by atoms with Crippen LogP contribution in [0.4, 0.5) is 13.2 Å². The molecule has 1 fully saturated rings. The fraction of sp³-hybridized carbons (Fsp3) is 0.917. The molecule has 1 saturated carbocycles. The van der Waals surface area contributed by atoms with Crippen LogP contribution in [0, 0.1) is 5.92 Å². The fourth-order valence-electron chi connectivity index (χ4n) is 2.69. The van der Waals surface area contributed by atoms with E-state index in [1.165, 1.54) is 0 Å². The summed E-state index contributed by atoms with van der Waals surface area (Å²) in [5, 5.41) is 0. The molecule has 18 heavy (non-hydrogen) atoms. The van der Waals surface area contributed by atoms with Gasteiger partial charge in [0.2, 0.25) is 5.91 Å². The van der Waals surface area contributed by atoms with Gasteiger partial charge < -0.3 is 10.6 Å². The molecule has 2 atom stereocenters. The first-order valence-electron chi connectivity index (χ1n) is 6.45. The Morgan fingerprint density at radius 3 is 2.56 bits per heavy atom. The molecule has 1 rings (SSSR count). The Morgan fingerprint density at radius 2 is 2.06 bits per heavy atom. The first-order valence-corrected chi connectivity index (χ1v) is 6.45. The maximum atomic E-state index is 12.1. The van der Waals surface area contributed by atoms with Gasteiger partial charge in [0.05, 0.1) is 6.42 Å². The summed E-state index contributed by atoms with van der Waals surface area (Å²) in [4.78, 5) is 13.4. The topological polar surface area (TPSA) is 46.3 Å². The third-order valence-electron chi connectivity index (χ3n) is 3.61. The molecule has 0 radical (unpaired) electrons. The van der Waals surface area contributed by atoms with Crippen LogP contribution in [0.1, 0.15) is 39.0 Å². The Labute approximate surface area is 106 Å². The molecule has 1 aliphatic carbocycles. The van der Waals surface area contributed by atoms with Crippen molar-refractivity contribution in [1.29, 1.82) is 0 Å². The normalized spacial score (nSPS) is 24.3. The van der Waals surface area contributed by atoms with Gasteiger partial charge in [-0.2, -0.15) is 13.2 Å². The zero-order valence-corrected chi connectivity index (χ0v) is 10.7. The highest BCUT2D eigenvalue weighted by atomic mass is 19.4. The van der Waals surface area contributed by atoms with Crippen molar-refractivity contribution in [3.8, 4) is 0 Å². The minimum atomic E-state index is -4.27. The predicted octanol–water partition coefficient (Wildman–Crippen LogP) is 2.30. The standard InChI is InChI=1S/C12H21F3N2O/c1-2-17(10-5-3-4-9(10)8-16)11(18)6-7-12(13,14)15/h9-10H,2-8,16H2,1H3. The Hall–Kier alpha value is -0.780. The summed E-state index contributed by atoms with van der Waals surface area (Å²) in [7, 11) is 0. The van der Waals surface area contributed by atoms with Crippen molar-refractivity contribution in [1.82, 2.24) is 4.90 Å². The molecule has 0 saturated heterocycles. The number of halogens is 3. The lowest BCUT2D eigenvalue weighted by atomic mass is 10.0. The third kappa shape index (κ3) is 4.15. The van der Waals surface area contributed by atoms with Gasteiger partial charge in [-0.05, 0) is 32.2 Å². The summed E-state index contributed by atoms with van der Waals surface area (Å²) in [6.07, 6.45) is -2.95. The maximum absolute atomic E-state index is 12.1. The van der Waals surface area contributed by atoms with Crippen molar-refractivity contribution in [2.75, 3.05) is 13.1 Å². The van der Waals surface area contributed by atoms with Gasteiger partial charge in [0.25, 0.3) is 0 Å². The summed E-state index contributed by atoms with van der Waals surface area (Å²) >= 11 is 0. The number of nitrogens with two attached hydrogens (primary N) is 1. The van der Waals surface area contributed by atoms with Crippen molar-refractivity contribution < 1.29 is 18.0 Å². The molecule has 1 aliphatic rings. The summed E-state index contributed by atoms with van der Waals surface area (Å²) < 4.78 is 36.3. The smallest absolute Gasteiger partial charge is 0.340 e. The van der Waals surface area contributed by atoms with Gasteiger partial charge in [-0.25, -0.2) is 0 Å². The summed E-state index contributed by atoms with van der Waals surface area (Å²) in [5.74, 6) is -0.167. The molecule has 1 amide bonds. The van der Waals surface area contributed by atoms with E-state index < -0.39 is 24.9 Å². The number of amides is 1. The number of rotatable bonds is 5. The lowest BCUT2D eigenvalue weighted by Gasteiger charge is -2.32. The molecule has 2 unspecified atom stereocenters. The third-order valence-corrected chi connectivity index (χ3v) is 3.61. The van der Waals surface area contributed by atoms with Crippen molar-refractivity contribution in [2.45, 2.75) is 51.2 Å². The van der Waals surface area contributed by atoms with Gasteiger partial charge in [-0.3, -0.25) is 4.79 Å². The van der Waals surface area contributed by atoms with E-state index in [0.717, 1.165) is 19.3 Å². The Morgan fingerprint density at radius 1 is 1.39 bits per heavy atom. The second kappa shape index (κ2) is 6.41. The van der Waals surface area contributed by atoms with E-state index in [9.17, 15) is 18.0 Å². The first kappa shape index (κ1) is 15.3. The largest absolute Gasteiger partial charge is 0.389 e. The van der Waals surface area contributed by atoms with Gasteiger partial charge in [0.1, 0.15) is 0 Å². The zero-order valence-electron chi connectivity index (χ0n) is 10.7. The van der Waals surface area contributed by atoms with Crippen LogP contribution in [0.5, 0.6) is 0 Å². The number of alkyl halides is 3. The lowest BCUT2D eigenvalue weighted by Crippen LogP contribution is -2.44. The van der Waals surface area contributed by atoms with Crippen molar-refractivity contribution >= 4 is 5.91 Å². The molecule has 2 N–H and O–H groups in total. The first-order chi connectivity index (χ1) is 8.39. The van der Waals surface area contributed by atoms with Crippen LogP contribution in [0.2, 0.25) is 0 Å². The number of hydrogen-bond donors (Lipinski definition) is 1. The SMILES string of the molecule is CCN(C(=O)CCC(F)(F)F)C1CCCC1CN. The summed E-state index contributed by atoms with van der Waals surface area (Å²) in [6.45, 7) is 2.75. The molecule has 0 aromatic heterocycles. The number of carbonyl (C=O) groups excluding carboxylic acids is 1. The second-order valence-corrected chi connectivity index (χ2v) is 4.79. The number of hydrogen-bond acceptors (Lipinski definition) is 2. The van der Waals surface area contributed by atoms with Gasteiger partial charge in [0, 0.05) is 19.0 Å². The minimum absolute atomic E-state index is 0.0285. The van der Waals surface area contributed by atoms with Gasteiger partial charge >= 0.3 is 6.18 Å². The van der Waals surface area contributed by atoms with E-state index >= 15 is 0 Å². The van der Waals surface area contributed by atoms with Crippen LogP contribution < -0.4 is 5.73 Å². The predicted molar refractivity (Wildman–Crippen MR) is 62.9 cm³/mol. The van der Waals surface area contributed by atoms with Crippen LogP contribution in [-0.4, -0.2) is 36.1 Å². The van der Waals surface area contributed by atoms with E-state index in [1.54, 1.807) is 11.8 Å². The second-order valence-electron chi connectivity index (χ2n) is 4.79. The van der Waals surface area contributed by atoms with Gasteiger partial charge in [0.15, 0.2) is 0 Å². The van der Waals surface area contributed by atoms with E-state index in [-0.39, 0.29) is 12.0 Å². The van der Waals surface area contributed by atoms with Crippen LogP contribution >= 0.6 is 0 Å². The highest BCUT2D eigenvalue weighted by molar-refractivity contribution is 5.76. The molecular formula is C12H21F3N2O. The van der Waals surface area contributed by atoms with E-state index in [2.05, 4.69) is 0 Å².